The quantitative estimate of drug-likeness (QED) is 0.793. The van der Waals surface area contributed by atoms with Crippen molar-refractivity contribution in [1.29, 1.82) is 0 Å². The fourth-order valence-corrected chi connectivity index (χ4v) is 4.21. The van der Waals surface area contributed by atoms with Gasteiger partial charge in [-0.05, 0) is 44.2 Å². The van der Waals surface area contributed by atoms with Crippen molar-refractivity contribution in [2.75, 3.05) is 52.9 Å². The van der Waals surface area contributed by atoms with Crippen LogP contribution in [0.15, 0.2) is 30.3 Å². The van der Waals surface area contributed by atoms with Crippen LogP contribution in [0.25, 0.3) is 0 Å². The lowest BCUT2D eigenvalue weighted by Gasteiger charge is -2.35. The van der Waals surface area contributed by atoms with E-state index in [1.54, 1.807) is 0 Å². The highest BCUT2D eigenvalue weighted by atomic mass is 16.3. The maximum absolute atomic E-state index is 12.5. The van der Waals surface area contributed by atoms with Crippen LogP contribution in [-0.2, 0) is 11.2 Å². The lowest BCUT2D eigenvalue weighted by atomic mass is 9.88. The van der Waals surface area contributed by atoms with Gasteiger partial charge in [0.05, 0.1) is 6.10 Å². The molecule has 3 rings (SSSR count). The predicted molar refractivity (Wildman–Crippen MR) is 109 cm³/mol. The third-order valence-corrected chi connectivity index (χ3v) is 6.25. The van der Waals surface area contributed by atoms with Crippen molar-refractivity contribution >= 4 is 5.91 Å². The normalized spacial score (nSPS) is 21.3. The van der Waals surface area contributed by atoms with Crippen LogP contribution in [-0.4, -0.2) is 84.7 Å². The maximum Gasteiger partial charge on any atom is 0.223 e. The van der Waals surface area contributed by atoms with Crippen molar-refractivity contribution in [3.8, 4) is 0 Å². The number of likely N-dealkylation sites (N-methyl/N-ethyl adjacent to an activating group) is 1. The van der Waals surface area contributed by atoms with Crippen molar-refractivity contribution in [3.05, 3.63) is 35.9 Å². The second-order valence-corrected chi connectivity index (χ2v) is 8.20. The first-order valence-corrected chi connectivity index (χ1v) is 10.5. The molecule has 2 aliphatic heterocycles. The molecule has 27 heavy (non-hydrogen) atoms. The molecule has 2 heterocycles. The Balaban J connectivity index is 1.33. The van der Waals surface area contributed by atoms with Gasteiger partial charge in [0.25, 0.3) is 0 Å². The number of aliphatic hydroxyl groups is 1. The molecule has 2 saturated heterocycles. The molecule has 1 aromatic carbocycles. The van der Waals surface area contributed by atoms with Gasteiger partial charge in [0, 0.05) is 52.2 Å². The summed E-state index contributed by atoms with van der Waals surface area (Å²) >= 11 is 0. The van der Waals surface area contributed by atoms with E-state index in [9.17, 15) is 9.90 Å². The molecular weight excluding hydrogens is 338 g/mol. The van der Waals surface area contributed by atoms with Gasteiger partial charge < -0.3 is 19.8 Å². The van der Waals surface area contributed by atoms with E-state index in [0.29, 0.717) is 12.3 Å². The highest BCUT2D eigenvalue weighted by molar-refractivity contribution is 5.76. The van der Waals surface area contributed by atoms with Crippen LogP contribution in [0.4, 0.5) is 0 Å². The Morgan fingerprint density at radius 3 is 2.41 bits per heavy atom. The predicted octanol–water partition coefficient (Wildman–Crippen LogP) is 1.86. The molecule has 0 saturated carbocycles. The maximum atomic E-state index is 12.5. The van der Waals surface area contributed by atoms with Gasteiger partial charge in [-0.25, -0.2) is 0 Å². The summed E-state index contributed by atoms with van der Waals surface area (Å²) in [6, 6.07) is 10.4. The first kappa shape index (κ1) is 20.3. The fraction of sp³-hybridized carbons (Fsp3) is 0.682. The van der Waals surface area contributed by atoms with Gasteiger partial charge in [0.1, 0.15) is 0 Å². The summed E-state index contributed by atoms with van der Waals surface area (Å²) < 4.78 is 0. The van der Waals surface area contributed by atoms with Crippen LogP contribution in [0.1, 0.15) is 31.2 Å². The van der Waals surface area contributed by atoms with Crippen LogP contribution in [0, 0.1) is 5.92 Å². The summed E-state index contributed by atoms with van der Waals surface area (Å²) in [7, 11) is 2.15. The molecule has 0 radical (unpaired) electrons. The topological polar surface area (TPSA) is 47.0 Å². The summed E-state index contributed by atoms with van der Waals surface area (Å²) in [5.74, 6) is 0.613. The van der Waals surface area contributed by atoms with Gasteiger partial charge in [-0.15, -0.1) is 0 Å². The van der Waals surface area contributed by atoms with Crippen LogP contribution < -0.4 is 0 Å². The largest absolute Gasteiger partial charge is 0.393 e. The van der Waals surface area contributed by atoms with Crippen LogP contribution in [0.2, 0.25) is 0 Å². The Bertz CT molecular complexity index is 564. The molecule has 150 valence electrons. The molecule has 0 unspecified atom stereocenters. The first-order valence-electron chi connectivity index (χ1n) is 10.5. The molecule has 1 amide bonds. The molecule has 5 heteroatoms. The number of piperidine rings is 1. The lowest BCUT2D eigenvalue weighted by Crippen LogP contribution is -2.46. The number of aliphatic hydroxyl groups excluding tert-OH is 1. The number of hydrogen-bond acceptors (Lipinski definition) is 4. The van der Waals surface area contributed by atoms with Crippen LogP contribution in [0.5, 0.6) is 0 Å². The van der Waals surface area contributed by atoms with Crippen molar-refractivity contribution < 1.29 is 9.90 Å². The third kappa shape index (κ3) is 6.30. The Labute approximate surface area is 163 Å². The van der Waals surface area contributed by atoms with Gasteiger partial charge in [-0.2, -0.15) is 0 Å². The number of hydrogen-bond donors (Lipinski definition) is 1. The highest BCUT2D eigenvalue weighted by Crippen LogP contribution is 2.24. The lowest BCUT2D eigenvalue weighted by molar-refractivity contribution is -0.133. The number of likely N-dealkylation sites (tertiary alicyclic amines) is 1. The average Bonchev–Trinajstić information content (AvgIpc) is 2.72. The molecule has 5 nitrogen and oxygen atoms in total. The van der Waals surface area contributed by atoms with Gasteiger partial charge in [0.2, 0.25) is 5.91 Å². The number of aryl methyl sites for hydroxylation is 1. The van der Waals surface area contributed by atoms with Crippen molar-refractivity contribution in [2.45, 2.75) is 38.2 Å². The zero-order chi connectivity index (χ0) is 19.1. The number of rotatable bonds is 7. The smallest absolute Gasteiger partial charge is 0.223 e. The van der Waals surface area contributed by atoms with Gasteiger partial charge in [-0.1, -0.05) is 30.3 Å². The van der Waals surface area contributed by atoms with Crippen molar-refractivity contribution in [3.63, 3.8) is 0 Å². The molecule has 2 fully saturated rings. The minimum atomic E-state index is -0.257. The summed E-state index contributed by atoms with van der Waals surface area (Å²) in [4.78, 5) is 19.3. The number of carbonyl (C=O) groups is 1. The van der Waals surface area contributed by atoms with E-state index in [4.69, 9.17) is 0 Å². The molecule has 2 aliphatic rings. The minimum absolute atomic E-state index is 0.257. The van der Waals surface area contributed by atoms with E-state index >= 15 is 0 Å². The summed E-state index contributed by atoms with van der Waals surface area (Å²) in [6.07, 6.45) is 3.96. The van der Waals surface area contributed by atoms with Crippen LogP contribution in [0.3, 0.4) is 0 Å². The Hall–Kier alpha value is -1.43. The number of amides is 1. The molecule has 0 aromatic heterocycles. The highest BCUT2D eigenvalue weighted by Gasteiger charge is 2.27. The Morgan fingerprint density at radius 1 is 1.07 bits per heavy atom. The number of carbonyl (C=O) groups excluding carboxylic acids is 1. The minimum Gasteiger partial charge on any atom is -0.393 e. The van der Waals surface area contributed by atoms with Gasteiger partial charge in [-0.3, -0.25) is 4.79 Å². The van der Waals surface area contributed by atoms with E-state index in [0.717, 1.165) is 71.5 Å². The molecule has 0 spiro atoms. The molecule has 1 N–H and O–H groups in total. The first-order chi connectivity index (χ1) is 13.1. The fourth-order valence-electron chi connectivity index (χ4n) is 4.21. The average molecular weight is 374 g/mol. The van der Waals surface area contributed by atoms with Gasteiger partial charge in [0.15, 0.2) is 0 Å². The molecule has 0 aliphatic carbocycles. The molecule has 1 aromatic rings. The molecule has 1 atom stereocenters. The monoisotopic (exact) mass is 373 g/mol. The third-order valence-electron chi connectivity index (χ3n) is 6.25. The van der Waals surface area contributed by atoms with E-state index in [1.165, 1.54) is 5.56 Å². The molecular formula is C22H35N3O2. The second kappa shape index (κ2) is 10.2. The Morgan fingerprint density at radius 2 is 1.74 bits per heavy atom. The van der Waals surface area contributed by atoms with E-state index < -0.39 is 0 Å². The van der Waals surface area contributed by atoms with E-state index in [-0.39, 0.29) is 12.0 Å². The summed E-state index contributed by atoms with van der Waals surface area (Å²) in [6.45, 7) is 6.81. The summed E-state index contributed by atoms with van der Waals surface area (Å²) in [5.41, 5.74) is 1.29. The molecule has 0 bridgehead atoms. The SMILES string of the molecule is CN1CCN(CCC(=O)N2CCC([C@H](O)CCc3ccccc3)CC2)CC1. The van der Waals surface area contributed by atoms with E-state index in [2.05, 4.69) is 29.0 Å². The van der Waals surface area contributed by atoms with Crippen molar-refractivity contribution in [1.82, 2.24) is 14.7 Å². The zero-order valence-corrected chi connectivity index (χ0v) is 16.7. The number of piperazine rings is 1. The number of nitrogens with zero attached hydrogens (tertiary/aromatic N) is 3. The zero-order valence-electron chi connectivity index (χ0n) is 16.7. The second-order valence-electron chi connectivity index (χ2n) is 8.20. The van der Waals surface area contributed by atoms with Crippen molar-refractivity contribution in [2.24, 2.45) is 5.92 Å². The Kier molecular flexibility index (Phi) is 7.68. The van der Waals surface area contributed by atoms with Gasteiger partial charge >= 0.3 is 0 Å². The summed E-state index contributed by atoms with van der Waals surface area (Å²) in [5, 5.41) is 10.5. The van der Waals surface area contributed by atoms with Crippen LogP contribution >= 0.6 is 0 Å². The number of benzene rings is 1. The standard InChI is InChI=1S/C22H35N3O2/c1-23-15-17-24(18-16-23)12-11-22(27)25-13-9-20(10-14-25)21(26)8-7-19-5-3-2-4-6-19/h2-6,20-21,26H,7-18H2,1H3/t21-/m1/s1. The van der Waals surface area contributed by atoms with E-state index in [1.807, 2.05) is 23.1 Å².